The minimum atomic E-state index is -3.22. The Kier molecular flexibility index (Phi) is 4.27. The molecule has 1 atom stereocenters. The fraction of sp³-hybridized carbons (Fsp3) is 0.909. The Morgan fingerprint density at radius 3 is 2.39 bits per heavy atom. The zero-order chi connectivity index (χ0) is 14.1. The third kappa shape index (κ3) is 4.13. The van der Waals surface area contributed by atoms with Crippen molar-refractivity contribution in [2.75, 3.05) is 26.4 Å². The lowest BCUT2D eigenvalue weighted by Crippen LogP contribution is -2.40. The first-order valence-corrected chi connectivity index (χ1v) is 7.76. The second-order valence-corrected chi connectivity index (χ2v) is 7.69. The molecule has 1 heterocycles. The maximum atomic E-state index is 11.8. The largest absolute Gasteiger partial charge is 0.444 e. The molecule has 1 aliphatic rings. The summed E-state index contributed by atoms with van der Waals surface area (Å²) < 4.78 is 29.4. The van der Waals surface area contributed by atoms with Gasteiger partial charge < -0.3 is 9.64 Å². The molecular formula is C11H22N2O4S. The van der Waals surface area contributed by atoms with E-state index < -0.39 is 15.6 Å². The number of hydrogen-bond acceptors (Lipinski definition) is 4. The number of carbonyl (C=O) groups is 1. The van der Waals surface area contributed by atoms with E-state index in [1.807, 2.05) is 0 Å². The average Bonchev–Trinajstić information content (AvgIpc) is 2.60. The highest BCUT2D eigenvalue weighted by molar-refractivity contribution is 7.88. The third-order valence-electron chi connectivity index (χ3n) is 2.85. The molecule has 0 saturated carbocycles. The van der Waals surface area contributed by atoms with E-state index in [-0.39, 0.29) is 12.1 Å². The van der Waals surface area contributed by atoms with Gasteiger partial charge in [0.05, 0.1) is 6.26 Å². The van der Waals surface area contributed by atoms with E-state index in [1.165, 1.54) is 10.6 Å². The molecule has 18 heavy (non-hydrogen) atoms. The first kappa shape index (κ1) is 15.2. The van der Waals surface area contributed by atoms with Gasteiger partial charge in [0.25, 0.3) is 0 Å². The Hall–Kier alpha value is -0.820. The summed E-state index contributed by atoms with van der Waals surface area (Å²) in [4.78, 5) is 13.4. The van der Waals surface area contributed by atoms with Crippen LogP contribution >= 0.6 is 0 Å². The van der Waals surface area contributed by atoms with Gasteiger partial charge in [-0.15, -0.1) is 0 Å². The van der Waals surface area contributed by atoms with E-state index >= 15 is 0 Å². The molecule has 0 spiro atoms. The van der Waals surface area contributed by atoms with Gasteiger partial charge in [-0.1, -0.05) is 0 Å². The van der Waals surface area contributed by atoms with E-state index in [9.17, 15) is 13.2 Å². The van der Waals surface area contributed by atoms with Crippen molar-refractivity contribution >= 4 is 16.1 Å². The van der Waals surface area contributed by atoms with Gasteiger partial charge in [-0.25, -0.2) is 17.5 Å². The molecule has 1 saturated heterocycles. The molecule has 7 heteroatoms. The van der Waals surface area contributed by atoms with Gasteiger partial charge in [0, 0.05) is 26.2 Å². The monoisotopic (exact) mass is 278 g/mol. The van der Waals surface area contributed by atoms with Crippen LogP contribution in [-0.2, 0) is 14.8 Å². The van der Waals surface area contributed by atoms with Gasteiger partial charge in [0.15, 0.2) is 0 Å². The van der Waals surface area contributed by atoms with E-state index in [4.69, 9.17) is 4.74 Å². The number of nitrogens with zero attached hydrogens (tertiary/aromatic N) is 2. The van der Waals surface area contributed by atoms with Crippen molar-refractivity contribution in [2.45, 2.75) is 38.8 Å². The average molecular weight is 278 g/mol. The summed E-state index contributed by atoms with van der Waals surface area (Å²) in [7, 11) is -1.68. The summed E-state index contributed by atoms with van der Waals surface area (Å²) >= 11 is 0. The molecule has 1 rings (SSSR count). The second kappa shape index (κ2) is 5.05. The summed E-state index contributed by atoms with van der Waals surface area (Å²) in [6.45, 7) is 6.33. The summed E-state index contributed by atoms with van der Waals surface area (Å²) in [5, 5.41) is 0. The summed E-state index contributed by atoms with van der Waals surface area (Å²) in [6, 6.07) is -0.160. The molecule has 0 N–H and O–H groups in total. The van der Waals surface area contributed by atoms with E-state index in [0.717, 1.165) is 0 Å². The SMILES string of the molecule is CN(C1CCN(C(=O)OC(C)(C)C)C1)S(C)(=O)=O. The standard InChI is InChI=1S/C11H22N2O4S/c1-11(2,3)17-10(14)13-7-6-9(8-13)12(4)18(5,15)16/h9H,6-8H2,1-5H3. The number of sulfonamides is 1. The maximum absolute atomic E-state index is 11.8. The quantitative estimate of drug-likeness (QED) is 0.752. The van der Waals surface area contributed by atoms with E-state index in [0.29, 0.717) is 19.5 Å². The van der Waals surface area contributed by atoms with Gasteiger partial charge in [-0.3, -0.25) is 0 Å². The molecule has 0 aliphatic carbocycles. The van der Waals surface area contributed by atoms with Gasteiger partial charge in [-0.2, -0.15) is 0 Å². The van der Waals surface area contributed by atoms with Crippen molar-refractivity contribution in [3.63, 3.8) is 0 Å². The van der Waals surface area contributed by atoms with Crippen molar-refractivity contribution in [3.8, 4) is 0 Å². The Balaban J connectivity index is 2.59. The van der Waals surface area contributed by atoms with Crippen LogP contribution in [0, 0.1) is 0 Å². The van der Waals surface area contributed by atoms with Crippen molar-refractivity contribution in [2.24, 2.45) is 0 Å². The molecule has 0 aromatic rings. The number of carbonyl (C=O) groups excluding carboxylic acids is 1. The minimum absolute atomic E-state index is 0.160. The minimum Gasteiger partial charge on any atom is -0.444 e. The number of amides is 1. The van der Waals surface area contributed by atoms with Crippen molar-refractivity contribution in [1.82, 2.24) is 9.21 Å². The zero-order valence-electron chi connectivity index (χ0n) is 11.6. The van der Waals surface area contributed by atoms with Crippen LogP contribution in [0.2, 0.25) is 0 Å². The lowest BCUT2D eigenvalue weighted by atomic mass is 10.2. The van der Waals surface area contributed by atoms with Crippen LogP contribution in [0.25, 0.3) is 0 Å². The molecule has 1 unspecified atom stereocenters. The van der Waals surface area contributed by atoms with Crippen LogP contribution in [0.3, 0.4) is 0 Å². The highest BCUT2D eigenvalue weighted by Gasteiger charge is 2.34. The molecule has 0 radical (unpaired) electrons. The third-order valence-corrected chi connectivity index (χ3v) is 4.20. The normalized spacial score (nSPS) is 21.4. The van der Waals surface area contributed by atoms with Crippen LogP contribution in [0.1, 0.15) is 27.2 Å². The second-order valence-electron chi connectivity index (χ2n) is 5.65. The maximum Gasteiger partial charge on any atom is 0.410 e. The smallest absolute Gasteiger partial charge is 0.410 e. The van der Waals surface area contributed by atoms with Crippen molar-refractivity contribution in [3.05, 3.63) is 0 Å². The number of hydrogen-bond donors (Lipinski definition) is 0. The number of ether oxygens (including phenoxy) is 1. The van der Waals surface area contributed by atoms with Crippen LogP contribution in [-0.4, -0.2) is 61.8 Å². The number of likely N-dealkylation sites (tertiary alicyclic amines) is 1. The lowest BCUT2D eigenvalue weighted by molar-refractivity contribution is 0.0287. The molecular weight excluding hydrogens is 256 g/mol. The molecule has 0 aromatic carbocycles. The number of rotatable bonds is 2. The van der Waals surface area contributed by atoms with E-state index in [1.54, 1.807) is 32.7 Å². The molecule has 1 amide bonds. The van der Waals surface area contributed by atoms with E-state index in [2.05, 4.69) is 0 Å². The van der Waals surface area contributed by atoms with Crippen LogP contribution < -0.4 is 0 Å². The summed E-state index contributed by atoms with van der Waals surface area (Å²) in [5.41, 5.74) is -0.530. The van der Waals surface area contributed by atoms with Crippen LogP contribution in [0.5, 0.6) is 0 Å². The van der Waals surface area contributed by atoms with Gasteiger partial charge >= 0.3 is 6.09 Å². The Morgan fingerprint density at radius 1 is 1.39 bits per heavy atom. The highest BCUT2D eigenvalue weighted by Crippen LogP contribution is 2.19. The fourth-order valence-electron chi connectivity index (χ4n) is 1.80. The number of likely N-dealkylation sites (N-methyl/N-ethyl adjacent to an activating group) is 1. The topological polar surface area (TPSA) is 66.9 Å². The molecule has 1 aliphatic heterocycles. The Bertz CT molecular complexity index is 413. The van der Waals surface area contributed by atoms with Gasteiger partial charge in [0.2, 0.25) is 10.0 Å². The predicted octanol–water partition coefficient (Wildman–Crippen LogP) is 0.887. The Morgan fingerprint density at radius 2 is 1.94 bits per heavy atom. The van der Waals surface area contributed by atoms with Crippen molar-refractivity contribution in [1.29, 1.82) is 0 Å². The van der Waals surface area contributed by atoms with Gasteiger partial charge in [0.1, 0.15) is 5.60 Å². The molecule has 0 aromatic heterocycles. The Labute approximate surface area is 109 Å². The lowest BCUT2D eigenvalue weighted by Gasteiger charge is -2.25. The highest BCUT2D eigenvalue weighted by atomic mass is 32.2. The first-order chi connectivity index (χ1) is 8.00. The molecule has 6 nitrogen and oxygen atoms in total. The molecule has 0 bridgehead atoms. The first-order valence-electron chi connectivity index (χ1n) is 5.91. The summed E-state index contributed by atoms with van der Waals surface area (Å²) in [6.07, 6.45) is 1.43. The molecule has 106 valence electrons. The fourth-order valence-corrected chi connectivity index (χ4v) is 2.52. The zero-order valence-corrected chi connectivity index (χ0v) is 12.5. The van der Waals surface area contributed by atoms with Crippen molar-refractivity contribution < 1.29 is 17.9 Å². The van der Waals surface area contributed by atoms with Crippen LogP contribution in [0.4, 0.5) is 4.79 Å². The predicted molar refractivity (Wildman–Crippen MR) is 68.8 cm³/mol. The van der Waals surface area contributed by atoms with Gasteiger partial charge in [-0.05, 0) is 27.2 Å². The van der Waals surface area contributed by atoms with Crippen LogP contribution in [0.15, 0.2) is 0 Å². The summed E-state index contributed by atoms with van der Waals surface area (Å²) in [5.74, 6) is 0. The molecule has 1 fully saturated rings.